The Bertz CT molecular complexity index is 1000. The summed E-state index contributed by atoms with van der Waals surface area (Å²) in [5, 5.41) is 8.98. The lowest BCUT2D eigenvalue weighted by Gasteiger charge is -2.04. The van der Waals surface area contributed by atoms with Crippen molar-refractivity contribution in [1.82, 2.24) is 24.4 Å². The Balaban J connectivity index is 1.86. The molecule has 2 N–H and O–H groups in total. The largest absolute Gasteiger partial charge is 0.396 e. The van der Waals surface area contributed by atoms with Crippen LogP contribution < -0.4 is 5.73 Å². The molecule has 7 heteroatoms. The summed E-state index contributed by atoms with van der Waals surface area (Å²) in [4.78, 5) is 4.55. The summed E-state index contributed by atoms with van der Waals surface area (Å²) in [5.74, 6) is 0. The van der Waals surface area contributed by atoms with Crippen molar-refractivity contribution in [2.45, 2.75) is 6.92 Å². The number of imidazole rings is 1. The van der Waals surface area contributed by atoms with Crippen LogP contribution in [0.2, 0.25) is 5.15 Å². The molecule has 4 rings (SSSR count). The van der Waals surface area contributed by atoms with Gasteiger partial charge in [0, 0.05) is 11.6 Å². The molecule has 3 heterocycles. The third kappa shape index (κ3) is 2.24. The van der Waals surface area contributed by atoms with E-state index in [1.807, 2.05) is 41.9 Å². The van der Waals surface area contributed by atoms with Crippen LogP contribution >= 0.6 is 11.6 Å². The summed E-state index contributed by atoms with van der Waals surface area (Å²) in [7, 11) is 0. The third-order valence-electron chi connectivity index (χ3n) is 3.71. The minimum Gasteiger partial charge on any atom is -0.396 e. The van der Waals surface area contributed by atoms with Gasteiger partial charge in [-0.25, -0.2) is 14.2 Å². The number of nitrogens with zero attached hydrogens (tertiary/aromatic N) is 5. The number of halogens is 1. The molecule has 0 aliphatic heterocycles. The van der Waals surface area contributed by atoms with Crippen LogP contribution in [-0.2, 0) is 0 Å². The highest BCUT2D eigenvalue weighted by atomic mass is 35.5. The van der Waals surface area contributed by atoms with E-state index in [-0.39, 0.29) is 0 Å². The van der Waals surface area contributed by atoms with Gasteiger partial charge < -0.3 is 5.73 Å². The lowest BCUT2D eigenvalue weighted by atomic mass is 10.2. The minimum absolute atomic E-state index is 0.329. The van der Waals surface area contributed by atoms with Gasteiger partial charge in [0.15, 0.2) is 10.8 Å². The van der Waals surface area contributed by atoms with Crippen LogP contribution in [0.1, 0.15) is 5.69 Å². The van der Waals surface area contributed by atoms with Crippen LogP contribution in [0.25, 0.3) is 22.6 Å². The Kier molecular flexibility index (Phi) is 3.06. The number of aromatic nitrogens is 5. The summed E-state index contributed by atoms with van der Waals surface area (Å²) < 4.78 is 3.47. The normalized spacial score (nSPS) is 11.2. The first-order chi connectivity index (χ1) is 11.1. The third-order valence-corrected chi connectivity index (χ3v) is 3.90. The van der Waals surface area contributed by atoms with E-state index in [1.165, 1.54) is 0 Å². The molecule has 0 saturated carbocycles. The van der Waals surface area contributed by atoms with Gasteiger partial charge in [-0.2, -0.15) is 10.2 Å². The average Bonchev–Trinajstić information content (AvgIpc) is 3.11. The fourth-order valence-corrected chi connectivity index (χ4v) is 2.79. The number of nitrogens with two attached hydrogens (primary N) is 1. The van der Waals surface area contributed by atoms with Gasteiger partial charge in [0.1, 0.15) is 0 Å². The Hall–Kier alpha value is -2.86. The summed E-state index contributed by atoms with van der Waals surface area (Å²) in [5.41, 5.74) is 10.7. The Morgan fingerprint density at radius 2 is 1.96 bits per heavy atom. The van der Waals surface area contributed by atoms with E-state index >= 15 is 0 Å². The molecule has 0 fully saturated rings. The Morgan fingerprint density at radius 3 is 2.74 bits per heavy atom. The molecular weight excluding hydrogens is 312 g/mol. The molecule has 23 heavy (non-hydrogen) atoms. The second-order valence-electron chi connectivity index (χ2n) is 5.21. The summed E-state index contributed by atoms with van der Waals surface area (Å²) in [6.45, 7) is 2.00. The number of benzene rings is 1. The van der Waals surface area contributed by atoms with E-state index < -0.39 is 0 Å². The van der Waals surface area contributed by atoms with E-state index in [9.17, 15) is 0 Å². The van der Waals surface area contributed by atoms with E-state index in [4.69, 9.17) is 17.3 Å². The van der Waals surface area contributed by atoms with Gasteiger partial charge >= 0.3 is 0 Å². The second-order valence-corrected chi connectivity index (χ2v) is 5.59. The van der Waals surface area contributed by atoms with Crippen LogP contribution in [0, 0.1) is 6.92 Å². The van der Waals surface area contributed by atoms with Crippen LogP contribution in [0.4, 0.5) is 5.69 Å². The van der Waals surface area contributed by atoms with Crippen molar-refractivity contribution in [2.24, 2.45) is 0 Å². The zero-order valence-corrected chi connectivity index (χ0v) is 13.1. The SMILES string of the molecule is Cc1c(-c2cn3nc(Cl)cc(N)c3n2)cnn1-c1ccccc1. The first-order valence-corrected chi connectivity index (χ1v) is 7.43. The molecule has 0 aliphatic rings. The summed E-state index contributed by atoms with van der Waals surface area (Å²) in [6, 6.07) is 11.5. The monoisotopic (exact) mass is 324 g/mol. The molecule has 0 atom stereocenters. The maximum absolute atomic E-state index is 5.95. The lowest BCUT2D eigenvalue weighted by molar-refractivity contribution is 0.847. The molecule has 0 saturated heterocycles. The zero-order valence-electron chi connectivity index (χ0n) is 12.3. The van der Waals surface area contributed by atoms with Crippen LogP contribution in [0.5, 0.6) is 0 Å². The standard InChI is InChI=1S/C16H13ClN6/c1-10-12(8-19-23(10)11-5-3-2-4-6-11)14-9-22-16(20-14)13(18)7-15(17)21-22/h2-9H,18H2,1H3. The highest BCUT2D eigenvalue weighted by Crippen LogP contribution is 2.26. The molecule has 0 unspecified atom stereocenters. The number of fused-ring (bicyclic) bond motifs is 1. The molecular formula is C16H13ClN6. The predicted molar refractivity (Wildman–Crippen MR) is 89.7 cm³/mol. The van der Waals surface area contributed by atoms with Crippen LogP contribution in [0.15, 0.2) is 48.8 Å². The number of hydrogen-bond acceptors (Lipinski definition) is 4. The maximum atomic E-state index is 5.95. The smallest absolute Gasteiger partial charge is 0.177 e. The molecule has 0 spiro atoms. The average molecular weight is 325 g/mol. The van der Waals surface area contributed by atoms with Gasteiger partial charge in [-0.1, -0.05) is 29.8 Å². The topological polar surface area (TPSA) is 74.0 Å². The molecule has 4 aromatic rings. The van der Waals surface area contributed by atoms with Crippen molar-refractivity contribution in [3.63, 3.8) is 0 Å². The van der Waals surface area contributed by atoms with Crippen molar-refractivity contribution in [3.8, 4) is 16.9 Å². The first kappa shape index (κ1) is 13.8. The van der Waals surface area contributed by atoms with Crippen molar-refractivity contribution in [3.05, 3.63) is 59.6 Å². The van der Waals surface area contributed by atoms with Gasteiger partial charge in [-0.05, 0) is 19.1 Å². The number of nitrogen functional groups attached to an aromatic ring is 1. The second kappa shape index (κ2) is 5.10. The van der Waals surface area contributed by atoms with Crippen molar-refractivity contribution >= 4 is 22.9 Å². The van der Waals surface area contributed by atoms with Gasteiger partial charge in [-0.3, -0.25) is 0 Å². The minimum atomic E-state index is 0.329. The number of para-hydroxylation sites is 1. The molecule has 114 valence electrons. The zero-order chi connectivity index (χ0) is 16.0. The Morgan fingerprint density at radius 1 is 1.17 bits per heavy atom. The molecule has 0 bridgehead atoms. The highest BCUT2D eigenvalue weighted by Gasteiger charge is 2.14. The fourth-order valence-electron chi connectivity index (χ4n) is 2.59. The number of hydrogen-bond donors (Lipinski definition) is 1. The molecule has 3 aromatic heterocycles. The highest BCUT2D eigenvalue weighted by molar-refractivity contribution is 6.29. The number of rotatable bonds is 2. The van der Waals surface area contributed by atoms with Crippen LogP contribution in [-0.4, -0.2) is 24.4 Å². The van der Waals surface area contributed by atoms with E-state index in [2.05, 4.69) is 15.2 Å². The Labute approximate surface area is 137 Å². The molecule has 6 nitrogen and oxygen atoms in total. The van der Waals surface area contributed by atoms with Gasteiger partial charge in [-0.15, -0.1) is 0 Å². The first-order valence-electron chi connectivity index (χ1n) is 7.05. The molecule has 0 radical (unpaired) electrons. The van der Waals surface area contributed by atoms with Gasteiger partial charge in [0.05, 0.1) is 35.2 Å². The summed E-state index contributed by atoms with van der Waals surface area (Å²) >= 11 is 5.94. The lowest BCUT2D eigenvalue weighted by Crippen LogP contribution is -1.98. The molecule has 0 amide bonds. The molecule has 0 aliphatic carbocycles. The quantitative estimate of drug-likeness (QED) is 0.614. The van der Waals surface area contributed by atoms with Gasteiger partial charge in [0.25, 0.3) is 0 Å². The fraction of sp³-hybridized carbons (Fsp3) is 0.0625. The van der Waals surface area contributed by atoms with E-state index in [0.717, 1.165) is 22.6 Å². The maximum Gasteiger partial charge on any atom is 0.177 e. The summed E-state index contributed by atoms with van der Waals surface area (Å²) in [6.07, 6.45) is 3.60. The predicted octanol–water partition coefficient (Wildman–Crippen LogP) is 3.13. The van der Waals surface area contributed by atoms with Gasteiger partial charge in [0.2, 0.25) is 0 Å². The van der Waals surface area contributed by atoms with E-state index in [1.54, 1.807) is 23.0 Å². The van der Waals surface area contributed by atoms with E-state index in [0.29, 0.717) is 16.5 Å². The van der Waals surface area contributed by atoms with Crippen molar-refractivity contribution < 1.29 is 0 Å². The molecule has 1 aromatic carbocycles. The van der Waals surface area contributed by atoms with Crippen LogP contribution in [0.3, 0.4) is 0 Å². The van der Waals surface area contributed by atoms with Crippen molar-refractivity contribution in [1.29, 1.82) is 0 Å². The van der Waals surface area contributed by atoms with Crippen molar-refractivity contribution in [2.75, 3.05) is 5.73 Å². The number of anilines is 1.